The van der Waals surface area contributed by atoms with Crippen LogP contribution in [0.25, 0.3) is 0 Å². The number of hydrogen-bond acceptors (Lipinski definition) is 5. The first-order valence-electron chi connectivity index (χ1n) is 7.14. The molecule has 0 aromatic heterocycles. The van der Waals surface area contributed by atoms with Gasteiger partial charge in [-0.2, -0.15) is 5.10 Å². The van der Waals surface area contributed by atoms with E-state index in [1.807, 2.05) is 42.5 Å². The quantitative estimate of drug-likeness (QED) is 0.456. The Kier molecular flexibility index (Phi) is 6.39. The summed E-state index contributed by atoms with van der Waals surface area (Å²) in [5.74, 6) is 2.19. The van der Waals surface area contributed by atoms with Crippen molar-refractivity contribution >= 4 is 23.5 Å². The van der Waals surface area contributed by atoms with Crippen LogP contribution in [0.15, 0.2) is 47.6 Å². The molecule has 7 heteroatoms. The number of ether oxygens (including phenoxy) is 3. The molecule has 3 N–H and O–H groups in total. The second kappa shape index (κ2) is 8.73. The third kappa shape index (κ3) is 5.13. The van der Waals surface area contributed by atoms with Crippen LogP contribution < -0.4 is 25.4 Å². The molecule has 0 heterocycles. The zero-order valence-corrected chi connectivity index (χ0v) is 14.3. The molecule has 6 nitrogen and oxygen atoms in total. The number of nitrogens with two attached hydrogens (primary N) is 1. The van der Waals surface area contributed by atoms with Gasteiger partial charge in [-0.05, 0) is 48.1 Å². The second-order valence-electron chi connectivity index (χ2n) is 4.77. The van der Waals surface area contributed by atoms with E-state index in [-0.39, 0.29) is 5.11 Å². The maximum atomic E-state index is 5.81. The van der Waals surface area contributed by atoms with Gasteiger partial charge in [0.1, 0.15) is 23.9 Å². The standard InChI is InChI=1S/C17H19N3O3S/c1-21-14-4-3-5-15(9-14)23-11-13-8-12(6-7-16(13)22-2)10-19-20-17(18)24/h3-10H,11H2,1-2H3,(H3,18,20,24). The van der Waals surface area contributed by atoms with Gasteiger partial charge in [0.05, 0.1) is 20.4 Å². The molecule has 24 heavy (non-hydrogen) atoms. The van der Waals surface area contributed by atoms with Crippen molar-refractivity contribution in [2.75, 3.05) is 14.2 Å². The molecule has 0 fully saturated rings. The molecular weight excluding hydrogens is 326 g/mol. The fourth-order valence-corrected chi connectivity index (χ4v) is 2.07. The number of methoxy groups -OCH3 is 2. The van der Waals surface area contributed by atoms with Crippen LogP contribution in [-0.4, -0.2) is 25.5 Å². The van der Waals surface area contributed by atoms with Crippen LogP contribution in [0.3, 0.4) is 0 Å². The predicted octanol–water partition coefficient (Wildman–Crippen LogP) is 2.45. The van der Waals surface area contributed by atoms with Gasteiger partial charge in [-0.1, -0.05) is 6.07 Å². The molecule has 2 rings (SSSR count). The van der Waals surface area contributed by atoms with Crippen LogP contribution in [0.1, 0.15) is 11.1 Å². The monoisotopic (exact) mass is 345 g/mol. The predicted molar refractivity (Wildman–Crippen MR) is 97.8 cm³/mol. The number of hydrazone groups is 1. The summed E-state index contributed by atoms with van der Waals surface area (Å²) in [6, 6.07) is 13.1. The molecule has 0 saturated heterocycles. The molecule has 2 aromatic carbocycles. The molecule has 0 aliphatic carbocycles. The second-order valence-corrected chi connectivity index (χ2v) is 5.21. The Hall–Kier alpha value is -2.80. The summed E-state index contributed by atoms with van der Waals surface area (Å²) in [6.45, 7) is 0.348. The first kappa shape index (κ1) is 17.6. The minimum absolute atomic E-state index is 0.112. The van der Waals surface area contributed by atoms with Crippen molar-refractivity contribution in [1.29, 1.82) is 0 Å². The molecule has 0 bridgehead atoms. The molecule has 2 aromatic rings. The van der Waals surface area contributed by atoms with E-state index in [0.29, 0.717) is 12.4 Å². The Balaban J connectivity index is 2.12. The van der Waals surface area contributed by atoms with E-state index >= 15 is 0 Å². The molecule has 0 spiro atoms. The van der Waals surface area contributed by atoms with Crippen molar-refractivity contribution in [3.8, 4) is 17.2 Å². The van der Waals surface area contributed by atoms with Crippen molar-refractivity contribution in [2.24, 2.45) is 10.8 Å². The Morgan fingerprint density at radius 1 is 1.17 bits per heavy atom. The SMILES string of the molecule is COc1cccc(OCc2cc(C=NNC(N)=S)ccc2OC)c1. The van der Waals surface area contributed by atoms with Crippen LogP contribution in [0.4, 0.5) is 0 Å². The van der Waals surface area contributed by atoms with Gasteiger partial charge >= 0.3 is 0 Å². The lowest BCUT2D eigenvalue weighted by atomic mass is 10.1. The Labute approximate surface area is 146 Å². The van der Waals surface area contributed by atoms with Crippen LogP contribution >= 0.6 is 12.2 Å². The number of benzene rings is 2. The van der Waals surface area contributed by atoms with Gasteiger partial charge in [-0.15, -0.1) is 0 Å². The minimum Gasteiger partial charge on any atom is -0.497 e. The fraction of sp³-hybridized carbons (Fsp3) is 0.176. The van der Waals surface area contributed by atoms with E-state index in [4.69, 9.17) is 32.2 Å². The lowest BCUT2D eigenvalue weighted by molar-refractivity contribution is 0.294. The van der Waals surface area contributed by atoms with Crippen LogP contribution in [0.5, 0.6) is 17.2 Å². The topological polar surface area (TPSA) is 78.1 Å². The van der Waals surface area contributed by atoms with Crippen molar-refractivity contribution in [1.82, 2.24) is 5.43 Å². The first-order valence-corrected chi connectivity index (χ1v) is 7.55. The van der Waals surface area contributed by atoms with E-state index in [1.54, 1.807) is 20.4 Å². The van der Waals surface area contributed by atoms with Gasteiger partial charge in [0.15, 0.2) is 5.11 Å². The highest BCUT2D eigenvalue weighted by molar-refractivity contribution is 7.80. The minimum atomic E-state index is 0.112. The maximum Gasteiger partial charge on any atom is 0.184 e. The largest absolute Gasteiger partial charge is 0.497 e. The lowest BCUT2D eigenvalue weighted by Crippen LogP contribution is -2.24. The van der Waals surface area contributed by atoms with E-state index in [9.17, 15) is 0 Å². The molecule has 0 radical (unpaired) electrons. The van der Waals surface area contributed by atoms with Crippen molar-refractivity contribution in [3.63, 3.8) is 0 Å². The molecule has 0 atom stereocenters. The van der Waals surface area contributed by atoms with Crippen LogP contribution in [0.2, 0.25) is 0 Å². The molecule has 0 saturated carbocycles. The Morgan fingerprint density at radius 2 is 1.96 bits per heavy atom. The number of nitrogens with one attached hydrogen (secondary N) is 1. The molecule has 126 valence electrons. The van der Waals surface area contributed by atoms with E-state index < -0.39 is 0 Å². The summed E-state index contributed by atoms with van der Waals surface area (Å²) in [5.41, 5.74) is 9.59. The first-order chi connectivity index (χ1) is 11.6. The summed E-state index contributed by atoms with van der Waals surface area (Å²) in [5, 5.41) is 4.05. The van der Waals surface area contributed by atoms with Gasteiger partial charge in [-0.3, -0.25) is 5.43 Å². The molecule has 0 aliphatic rings. The number of rotatable bonds is 7. The third-order valence-corrected chi connectivity index (χ3v) is 3.22. The molecular formula is C17H19N3O3S. The molecule has 0 amide bonds. The van der Waals surface area contributed by atoms with Gasteiger partial charge in [0.25, 0.3) is 0 Å². The smallest absolute Gasteiger partial charge is 0.184 e. The zero-order valence-electron chi connectivity index (χ0n) is 13.5. The summed E-state index contributed by atoms with van der Waals surface area (Å²) in [4.78, 5) is 0. The van der Waals surface area contributed by atoms with Gasteiger partial charge in [-0.25, -0.2) is 0 Å². The summed E-state index contributed by atoms with van der Waals surface area (Å²) < 4.78 is 16.4. The summed E-state index contributed by atoms with van der Waals surface area (Å²) >= 11 is 4.70. The average Bonchev–Trinajstić information content (AvgIpc) is 2.60. The van der Waals surface area contributed by atoms with E-state index in [0.717, 1.165) is 22.6 Å². The molecule has 0 unspecified atom stereocenters. The summed E-state index contributed by atoms with van der Waals surface area (Å²) in [6.07, 6.45) is 1.62. The zero-order chi connectivity index (χ0) is 17.4. The highest BCUT2D eigenvalue weighted by atomic mass is 32.1. The van der Waals surface area contributed by atoms with Crippen LogP contribution in [0, 0.1) is 0 Å². The number of thiocarbonyl (C=S) groups is 1. The fourth-order valence-electron chi connectivity index (χ4n) is 2.01. The number of hydrogen-bond donors (Lipinski definition) is 2. The Bertz CT molecular complexity index is 735. The van der Waals surface area contributed by atoms with Crippen molar-refractivity contribution in [2.45, 2.75) is 6.61 Å². The van der Waals surface area contributed by atoms with Gasteiger partial charge in [0.2, 0.25) is 0 Å². The normalized spacial score (nSPS) is 10.4. The van der Waals surface area contributed by atoms with Crippen molar-refractivity contribution in [3.05, 3.63) is 53.6 Å². The highest BCUT2D eigenvalue weighted by Crippen LogP contribution is 2.24. The number of nitrogens with zero attached hydrogens (tertiary/aromatic N) is 1. The van der Waals surface area contributed by atoms with E-state index in [1.165, 1.54) is 0 Å². The average molecular weight is 345 g/mol. The summed E-state index contributed by atoms with van der Waals surface area (Å²) in [7, 11) is 3.23. The van der Waals surface area contributed by atoms with Crippen LogP contribution in [-0.2, 0) is 6.61 Å². The van der Waals surface area contributed by atoms with Gasteiger partial charge < -0.3 is 19.9 Å². The Morgan fingerprint density at radius 3 is 2.67 bits per heavy atom. The third-order valence-electron chi connectivity index (χ3n) is 3.13. The van der Waals surface area contributed by atoms with E-state index in [2.05, 4.69) is 10.5 Å². The van der Waals surface area contributed by atoms with Crippen molar-refractivity contribution < 1.29 is 14.2 Å². The highest BCUT2D eigenvalue weighted by Gasteiger charge is 2.06. The lowest BCUT2D eigenvalue weighted by Gasteiger charge is -2.11. The van der Waals surface area contributed by atoms with Gasteiger partial charge in [0, 0.05) is 11.6 Å². The maximum absolute atomic E-state index is 5.81. The molecule has 0 aliphatic heterocycles.